The molecule has 0 spiro atoms. The van der Waals surface area contributed by atoms with Gasteiger partial charge in [0.25, 0.3) is 0 Å². The number of aryl methyl sites for hydroxylation is 2. The molecule has 1 aliphatic carbocycles. The Bertz CT molecular complexity index is 863. The number of furan rings is 1. The van der Waals surface area contributed by atoms with Crippen molar-refractivity contribution >= 4 is 32.6 Å². The third kappa shape index (κ3) is 2.77. The lowest BCUT2D eigenvalue weighted by Crippen LogP contribution is -2.31. The number of amides is 1. The molecule has 1 saturated carbocycles. The molecule has 2 heterocycles. The Morgan fingerprint density at radius 2 is 2.22 bits per heavy atom. The number of rotatable bonds is 4. The lowest BCUT2D eigenvalue weighted by Gasteiger charge is -2.18. The fourth-order valence-corrected chi connectivity index (χ4v) is 3.85. The van der Waals surface area contributed by atoms with Gasteiger partial charge in [-0.3, -0.25) is 9.69 Å². The van der Waals surface area contributed by atoms with Gasteiger partial charge in [0.05, 0.1) is 23.0 Å². The zero-order chi connectivity index (χ0) is 16.0. The van der Waals surface area contributed by atoms with Gasteiger partial charge < -0.3 is 4.42 Å². The summed E-state index contributed by atoms with van der Waals surface area (Å²) in [7, 11) is 0. The van der Waals surface area contributed by atoms with Crippen molar-refractivity contribution in [3.63, 3.8) is 0 Å². The predicted molar refractivity (Wildman–Crippen MR) is 91.7 cm³/mol. The van der Waals surface area contributed by atoms with E-state index in [2.05, 4.69) is 26.0 Å². The highest BCUT2D eigenvalue weighted by atomic mass is 32.1. The van der Waals surface area contributed by atoms with Crippen LogP contribution in [0.4, 0.5) is 5.13 Å². The highest BCUT2D eigenvalue weighted by Gasteiger charge is 2.35. The fourth-order valence-electron chi connectivity index (χ4n) is 2.83. The summed E-state index contributed by atoms with van der Waals surface area (Å²) in [5, 5.41) is 0.766. The van der Waals surface area contributed by atoms with Crippen LogP contribution in [-0.4, -0.2) is 10.9 Å². The van der Waals surface area contributed by atoms with Gasteiger partial charge in [-0.05, 0) is 56.0 Å². The second-order valence-corrected chi connectivity index (χ2v) is 7.18. The largest absolute Gasteiger partial charge is 0.467 e. The second kappa shape index (κ2) is 5.49. The molecule has 0 N–H and O–H groups in total. The minimum atomic E-state index is 0.153. The SMILES string of the molecule is Cc1cc(C)c2sc(N(Cc3ccco3)C(=O)C3CC3)nc2c1. The van der Waals surface area contributed by atoms with E-state index >= 15 is 0 Å². The molecule has 2 aromatic heterocycles. The first-order valence-corrected chi connectivity index (χ1v) is 8.65. The molecule has 0 unspecified atom stereocenters. The zero-order valence-corrected chi connectivity index (χ0v) is 14.0. The van der Waals surface area contributed by atoms with Gasteiger partial charge in [-0.15, -0.1) is 0 Å². The number of carbonyl (C=O) groups excluding carboxylic acids is 1. The van der Waals surface area contributed by atoms with Gasteiger partial charge in [0.2, 0.25) is 5.91 Å². The van der Waals surface area contributed by atoms with Crippen molar-refractivity contribution in [3.8, 4) is 0 Å². The first-order valence-electron chi connectivity index (χ1n) is 7.83. The lowest BCUT2D eigenvalue weighted by atomic mass is 10.1. The summed E-state index contributed by atoms with van der Waals surface area (Å²) >= 11 is 1.59. The maximum Gasteiger partial charge on any atom is 0.232 e. The van der Waals surface area contributed by atoms with E-state index in [1.54, 1.807) is 22.5 Å². The van der Waals surface area contributed by atoms with Crippen LogP contribution in [0.2, 0.25) is 0 Å². The molecule has 0 radical (unpaired) electrons. The summed E-state index contributed by atoms with van der Waals surface area (Å²) in [4.78, 5) is 19.2. The summed E-state index contributed by atoms with van der Waals surface area (Å²) in [6, 6.07) is 7.98. The van der Waals surface area contributed by atoms with Crippen molar-refractivity contribution < 1.29 is 9.21 Å². The number of thiazole rings is 1. The number of anilines is 1. The number of hydrogen-bond acceptors (Lipinski definition) is 4. The van der Waals surface area contributed by atoms with Gasteiger partial charge in [0.15, 0.2) is 5.13 Å². The summed E-state index contributed by atoms with van der Waals surface area (Å²) < 4.78 is 6.59. The highest BCUT2D eigenvalue weighted by molar-refractivity contribution is 7.22. The average Bonchev–Trinajstić information content (AvgIpc) is 3.06. The first-order chi connectivity index (χ1) is 11.1. The molecule has 0 atom stereocenters. The number of hydrogen-bond donors (Lipinski definition) is 0. The Labute approximate surface area is 138 Å². The Morgan fingerprint density at radius 3 is 2.91 bits per heavy atom. The molecule has 1 aliphatic rings. The van der Waals surface area contributed by atoms with E-state index in [-0.39, 0.29) is 11.8 Å². The van der Waals surface area contributed by atoms with Gasteiger partial charge in [-0.2, -0.15) is 0 Å². The summed E-state index contributed by atoms with van der Waals surface area (Å²) in [5.41, 5.74) is 3.37. The van der Waals surface area contributed by atoms with Crippen molar-refractivity contribution in [2.75, 3.05) is 4.90 Å². The van der Waals surface area contributed by atoms with Crippen LogP contribution in [0.15, 0.2) is 34.9 Å². The van der Waals surface area contributed by atoms with Gasteiger partial charge >= 0.3 is 0 Å². The standard InChI is InChI=1S/C18H18N2O2S/c1-11-8-12(2)16-15(9-11)19-18(23-16)20(17(21)13-5-6-13)10-14-4-3-7-22-14/h3-4,7-9,13H,5-6,10H2,1-2H3. The Morgan fingerprint density at radius 1 is 1.39 bits per heavy atom. The van der Waals surface area contributed by atoms with Crippen LogP contribution >= 0.6 is 11.3 Å². The van der Waals surface area contributed by atoms with E-state index in [1.807, 2.05) is 12.1 Å². The van der Waals surface area contributed by atoms with Crippen LogP contribution in [0.5, 0.6) is 0 Å². The van der Waals surface area contributed by atoms with Crippen molar-refractivity contribution in [1.82, 2.24) is 4.98 Å². The maximum absolute atomic E-state index is 12.7. The van der Waals surface area contributed by atoms with Crippen LogP contribution in [0.3, 0.4) is 0 Å². The normalized spacial score (nSPS) is 14.3. The molecule has 1 aromatic carbocycles. The molecule has 3 aromatic rings. The van der Waals surface area contributed by atoms with Gasteiger partial charge in [-0.25, -0.2) is 4.98 Å². The monoisotopic (exact) mass is 326 g/mol. The summed E-state index contributed by atoms with van der Waals surface area (Å²) in [5.74, 6) is 1.10. The molecule has 4 nitrogen and oxygen atoms in total. The minimum absolute atomic E-state index is 0.153. The minimum Gasteiger partial charge on any atom is -0.467 e. The lowest BCUT2D eigenvalue weighted by molar-refractivity contribution is -0.120. The van der Waals surface area contributed by atoms with Crippen LogP contribution < -0.4 is 4.90 Å². The number of aromatic nitrogens is 1. The molecule has 0 aliphatic heterocycles. The molecule has 4 rings (SSSR count). The van der Waals surface area contributed by atoms with Gasteiger partial charge in [-0.1, -0.05) is 17.4 Å². The van der Waals surface area contributed by atoms with E-state index in [0.29, 0.717) is 6.54 Å². The third-order valence-electron chi connectivity index (χ3n) is 4.13. The Hall–Kier alpha value is -2.14. The highest BCUT2D eigenvalue weighted by Crippen LogP contribution is 2.37. The fraction of sp³-hybridized carbons (Fsp3) is 0.333. The molecule has 1 amide bonds. The second-order valence-electron chi connectivity index (χ2n) is 6.20. The van der Waals surface area contributed by atoms with Crippen LogP contribution in [0, 0.1) is 19.8 Å². The quantitative estimate of drug-likeness (QED) is 0.711. The van der Waals surface area contributed by atoms with Crippen LogP contribution in [0.1, 0.15) is 29.7 Å². The van der Waals surface area contributed by atoms with Crippen LogP contribution in [-0.2, 0) is 11.3 Å². The van der Waals surface area contributed by atoms with E-state index in [9.17, 15) is 4.79 Å². The zero-order valence-electron chi connectivity index (χ0n) is 13.2. The molecule has 5 heteroatoms. The van der Waals surface area contributed by atoms with E-state index in [0.717, 1.165) is 34.0 Å². The van der Waals surface area contributed by atoms with Crippen LogP contribution in [0.25, 0.3) is 10.2 Å². The molecular formula is C18H18N2O2S. The van der Waals surface area contributed by atoms with Crippen molar-refractivity contribution in [1.29, 1.82) is 0 Å². The topological polar surface area (TPSA) is 46.3 Å². The number of carbonyl (C=O) groups is 1. The molecular weight excluding hydrogens is 308 g/mol. The molecule has 118 valence electrons. The summed E-state index contributed by atoms with van der Waals surface area (Å²) in [6.07, 6.45) is 3.61. The van der Waals surface area contributed by atoms with Gasteiger partial charge in [0.1, 0.15) is 5.76 Å². The molecule has 23 heavy (non-hydrogen) atoms. The maximum atomic E-state index is 12.7. The van der Waals surface area contributed by atoms with Crippen molar-refractivity contribution in [2.45, 2.75) is 33.2 Å². The Kier molecular flexibility index (Phi) is 3.45. The van der Waals surface area contributed by atoms with E-state index in [4.69, 9.17) is 9.40 Å². The number of fused-ring (bicyclic) bond motifs is 1. The predicted octanol–water partition coefficient (Wildman–Crippen LogP) is 4.45. The smallest absolute Gasteiger partial charge is 0.232 e. The number of benzene rings is 1. The first kappa shape index (κ1) is 14.5. The molecule has 0 bridgehead atoms. The molecule has 1 fully saturated rings. The van der Waals surface area contributed by atoms with Crippen molar-refractivity contribution in [3.05, 3.63) is 47.4 Å². The van der Waals surface area contributed by atoms with Gasteiger partial charge in [0, 0.05) is 5.92 Å². The van der Waals surface area contributed by atoms with Crippen molar-refractivity contribution in [2.24, 2.45) is 5.92 Å². The average molecular weight is 326 g/mol. The number of nitrogens with zero attached hydrogens (tertiary/aromatic N) is 2. The van der Waals surface area contributed by atoms with E-state index < -0.39 is 0 Å². The molecule has 0 saturated heterocycles. The Balaban J connectivity index is 1.75. The third-order valence-corrected chi connectivity index (χ3v) is 5.36. The van der Waals surface area contributed by atoms with E-state index in [1.165, 1.54) is 11.1 Å². The summed E-state index contributed by atoms with van der Waals surface area (Å²) in [6.45, 7) is 4.61.